The average molecular weight is 503 g/mol. The lowest BCUT2D eigenvalue weighted by molar-refractivity contribution is 0.0322. The molecule has 0 bridgehead atoms. The standard InChI is InChI=1S/C30H31FN2O4/c1-22-29(21-36-26-9-5-8-25(19-26)35-17-14-33-12-15-34-16-13-33)32-28-11-10-24(31)18-27(28)30(22)37-20-23-6-3-2-4-7-23/h2-11,18-19H,12-17,20-21H2,1H3. The zero-order chi connectivity index (χ0) is 25.5. The molecular weight excluding hydrogens is 471 g/mol. The van der Waals surface area contributed by atoms with Crippen molar-refractivity contribution in [3.8, 4) is 17.2 Å². The summed E-state index contributed by atoms with van der Waals surface area (Å²) < 4.78 is 37.7. The highest BCUT2D eigenvalue weighted by molar-refractivity contribution is 5.86. The Hall–Kier alpha value is -3.68. The summed E-state index contributed by atoms with van der Waals surface area (Å²) in [6.45, 7) is 7.46. The summed E-state index contributed by atoms with van der Waals surface area (Å²) >= 11 is 0. The fraction of sp³-hybridized carbons (Fsp3) is 0.300. The Kier molecular flexibility index (Phi) is 8.13. The molecule has 5 rings (SSSR count). The van der Waals surface area contributed by atoms with Crippen LogP contribution in [-0.2, 0) is 18.0 Å². The smallest absolute Gasteiger partial charge is 0.134 e. The lowest BCUT2D eigenvalue weighted by atomic mass is 10.1. The summed E-state index contributed by atoms with van der Waals surface area (Å²) in [4.78, 5) is 7.09. The molecule has 0 unspecified atom stereocenters. The molecule has 1 aromatic heterocycles. The van der Waals surface area contributed by atoms with E-state index in [2.05, 4.69) is 4.90 Å². The van der Waals surface area contributed by atoms with Crippen LogP contribution in [0.3, 0.4) is 0 Å². The van der Waals surface area contributed by atoms with E-state index < -0.39 is 0 Å². The van der Waals surface area contributed by atoms with Crippen LogP contribution in [0.4, 0.5) is 4.39 Å². The van der Waals surface area contributed by atoms with Crippen molar-refractivity contribution >= 4 is 10.9 Å². The fourth-order valence-corrected chi connectivity index (χ4v) is 4.33. The van der Waals surface area contributed by atoms with E-state index in [-0.39, 0.29) is 12.4 Å². The number of rotatable bonds is 10. The second-order valence-corrected chi connectivity index (χ2v) is 9.01. The van der Waals surface area contributed by atoms with E-state index in [4.69, 9.17) is 23.9 Å². The van der Waals surface area contributed by atoms with Gasteiger partial charge in [-0.1, -0.05) is 36.4 Å². The van der Waals surface area contributed by atoms with Crippen LogP contribution in [0.15, 0.2) is 72.8 Å². The molecule has 37 heavy (non-hydrogen) atoms. The van der Waals surface area contributed by atoms with Crippen LogP contribution < -0.4 is 14.2 Å². The summed E-state index contributed by atoms with van der Waals surface area (Å²) in [5.74, 6) is 1.74. The Labute approximate surface area is 216 Å². The van der Waals surface area contributed by atoms with Crippen molar-refractivity contribution in [2.45, 2.75) is 20.1 Å². The third-order valence-electron chi connectivity index (χ3n) is 6.42. The van der Waals surface area contributed by atoms with Crippen LogP contribution in [-0.4, -0.2) is 49.3 Å². The van der Waals surface area contributed by atoms with E-state index in [9.17, 15) is 4.39 Å². The van der Waals surface area contributed by atoms with Gasteiger partial charge in [0.1, 0.15) is 42.9 Å². The van der Waals surface area contributed by atoms with E-state index in [0.717, 1.165) is 55.4 Å². The molecule has 1 fully saturated rings. The summed E-state index contributed by atoms with van der Waals surface area (Å²) in [5, 5.41) is 0.646. The molecule has 0 N–H and O–H groups in total. The first-order valence-electron chi connectivity index (χ1n) is 12.6. The van der Waals surface area contributed by atoms with Gasteiger partial charge < -0.3 is 18.9 Å². The van der Waals surface area contributed by atoms with E-state index >= 15 is 0 Å². The molecule has 2 heterocycles. The van der Waals surface area contributed by atoms with Crippen LogP contribution in [0.2, 0.25) is 0 Å². The third-order valence-corrected chi connectivity index (χ3v) is 6.42. The molecule has 3 aromatic carbocycles. The van der Waals surface area contributed by atoms with Gasteiger partial charge in [-0.25, -0.2) is 9.37 Å². The zero-order valence-electron chi connectivity index (χ0n) is 21.0. The molecular formula is C30H31FN2O4. The number of hydrogen-bond donors (Lipinski definition) is 0. The van der Waals surface area contributed by atoms with Crippen molar-refractivity contribution in [2.24, 2.45) is 0 Å². The van der Waals surface area contributed by atoms with Gasteiger partial charge in [0.05, 0.1) is 24.4 Å². The Balaban J connectivity index is 1.28. The maximum absolute atomic E-state index is 14.1. The van der Waals surface area contributed by atoms with Crippen molar-refractivity contribution in [1.82, 2.24) is 9.88 Å². The minimum absolute atomic E-state index is 0.248. The molecule has 4 aromatic rings. The minimum Gasteiger partial charge on any atom is -0.492 e. The molecule has 1 aliphatic rings. The van der Waals surface area contributed by atoms with Gasteiger partial charge in [0.2, 0.25) is 0 Å². The highest BCUT2D eigenvalue weighted by atomic mass is 19.1. The third kappa shape index (κ3) is 6.56. The van der Waals surface area contributed by atoms with Gasteiger partial charge in [0.25, 0.3) is 0 Å². The minimum atomic E-state index is -0.326. The van der Waals surface area contributed by atoms with E-state index in [1.165, 1.54) is 12.1 Å². The molecule has 0 saturated carbocycles. The SMILES string of the molecule is Cc1c(COc2cccc(OCCN3CCOCC3)c2)nc2ccc(F)cc2c1OCc1ccccc1. The first-order chi connectivity index (χ1) is 18.2. The Morgan fingerprint density at radius 2 is 1.65 bits per heavy atom. The van der Waals surface area contributed by atoms with Gasteiger partial charge in [-0.3, -0.25) is 4.90 Å². The van der Waals surface area contributed by atoms with Crippen molar-refractivity contribution < 1.29 is 23.3 Å². The molecule has 7 heteroatoms. The highest BCUT2D eigenvalue weighted by Gasteiger charge is 2.15. The summed E-state index contributed by atoms with van der Waals surface area (Å²) in [6.07, 6.45) is 0. The number of hydrogen-bond acceptors (Lipinski definition) is 6. The van der Waals surface area contributed by atoms with Crippen LogP contribution in [0.1, 0.15) is 16.8 Å². The number of pyridine rings is 1. The van der Waals surface area contributed by atoms with Gasteiger partial charge >= 0.3 is 0 Å². The monoisotopic (exact) mass is 502 g/mol. The van der Waals surface area contributed by atoms with Gasteiger partial charge in [-0.2, -0.15) is 0 Å². The molecule has 0 radical (unpaired) electrons. The highest BCUT2D eigenvalue weighted by Crippen LogP contribution is 2.32. The second-order valence-electron chi connectivity index (χ2n) is 9.01. The quantitative estimate of drug-likeness (QED) is 0.283. The fourth-order valence-electron chi connectivity index (χ4n) is 4.33. The van der Waals surface area contributed by atoms with Gasteiger partial charge in [0, 0.05) is 36.7 Å². The van der Waals surface area contributed by atoms with E-state index in [1.54, 1.807) is 6.07 Å². The maximum Gasteiger partial charge on any atom is 0.134 e. The maximum atomic E-state index is 14.1. The Morgan fingerprint density at radius 3 is 2.46 bits per heavy atom. The molecule has 1 aliphatic heterocycles. The number of nitrogens with zero attached hydrogens (tertiary/aromatic N) is 2. The number of aromatic nitrogens is 1. The van der Waals surface area contributed by atoms with Crippen LogP contribution >= 0.6 is 0 Å². The normalized spacial score (nSPS) is 14.0. The van der Waals surface area contributed by atoms with Crippen molar-refractivity contribution in [3.63, 3.8) is 0 Å². The largest absolute Gasteiger partial charge is 0.492 e. The van der Waals surface area contributed by atoms with Crippen LogP contribution in [0.25, 0.3) is 10.9 Å². The first kappa shape index (κ1) is 25.0. The lowest BCUT2D eigenvalue weighted by Crippen LogP contribution is -2.38. The summed E-state index contributed by atoms with van der Waals surface area (Å²) in [7, 11) is 0. The number of morpholine rings is 1. The molecule has 192 valence electrons. The number of benzene rings is 3. The van der Waals surface area contributed by atoms with E-state index in [1.807, 2.05) is 61.5 Å². The lowest BCUT2D eigenvalue weighted by Gasteiger charge is -2.26. The number of halogens is 1. The Bertz CT molecular complexity index is 1330. The molecule has 6 nitrogen and oxygen atoms in total. The van der Waals surface area contributed by atoms with Crippen LogP contribution in [0, 0.1) is 12.7 Å². The average Bonchev–Trinajstić information content (AvgIpc) is 2.93. The van der Waals surface area contributed by atoms with Gasteiger partial charge in [0.15, 0.2) is 0 Å². The van der Waals surface area contributed by atoms with Crippen molar-refractivity contribution in [2.75, 3.05) is 39.5 Å². The van der Waals surface area contributed by atoms with Crippen molar-refractivity contribution in [3.05, 3.63) is 95.4 Å². The van der Waals surface area contributed by atoms with Gasteiger partial charge in [-0.15, -0.1) is 0 Å². The van der Waals surface area contributed by atoms with E-state index in [0.29, 0.717) is 35.6 Å². The van der Waals surface area contributed by atoms with Gasteiger partial charge in [-0.05, 0) is 42.8 Å². The van der Waals surface area contributed by atoms with Crippen molar-refractivity contribution in [1.29, 1.82) is 0 Å². The molecule has 0 spiro atoms. The second kappa shape index (κ2) is 12.0. The number of fused-ring (bicyclic) bond motifs is 1. The molecule has 0 aliphatic carbocycles. The Morgan fingerprint density at radius 1 is 0.865 bits per heavy atom. The molecule has 0 amide bonds. The zero-order valence-corrected chi connectivity index (χ0v) is 21.0. The summed E-state index contributed by atoms with van der Waals surface area (Å²) in [5.41, 5.74) is 3.26. The predicted octanol–water partition coefficient (Wildman–Crippen LogP) is 5.55. The van der Waals surface area contributed by atoms with Crippen LogP contribution in [0.5, 0.6) is 17.2 Å². The molecule has 0 atom stereocenters. The molecule has 1 saturated heterocycles. The predicted molar refractivity (Wildman–Crippen MR) is 141 cm³/mol. The first-order valence-corrected chi connectivity index (χ1v) is 12.6. The summed E-state index contributed by atoms with van der Waals surface area (Å²) in [6, 6.07) is 22.1. The topological polar surface area (TPSA) is 53.1 Å². The number of ether oxygens (including phenoxy) is 4.